The number of carbonyl (C=O) groups excluding carboxylic acids is 1. The molecule has 1 fully saturated rings. The van der Waals surface area contributed by atoms with Crippen LogP contribution in [0.2, 0.25) is 0 Å². The zero-order valence-electron chi connectivity index (χ0n) is 14.7. The quantitative estimate of drug-likeness (QED) is 0.471. The molecule has 0 spiro atoms. The number of methoxy groups -OCH3 is 1. The van der Waals surface area contributed by atoms with Gasteiger partial charge < -0.3 is 20.3 Å². The molecule has 0 radical (unpaired) electrons. The third kappa shape index (κ3) is 5.85. The second kappa shape index (κ2) is 9.93. The van der Waals surface area contributed by atoms with E-state index in [0.717, 1.165) is 24.6 Å². The minimum Gasteiger partial charge on any atom is -0.465 e. The monoisotopic (exact) mass is 332 g/mol. The minimum absolute atomic E-state index is 0.315. The standard InChI is InChI=1S/C18H28N4O2/c1-19-18(20-10-13-22-11-4-3-5-12-22)21-14-15-6-8-16(9-7-15)17(23)24-2/h6-9H,3-5,10-14H2,1-2H3,(H2,19,20,21). The average Bonchev–Trinajstić information content (AvgIpc) is 2.65. The Morgan fingerprint density at radius 1 is 1.17 bits per heavy atom. The summed E-state index contributed by atoms with van der Waals surface area (Å²) in [6.45, 7) is 5.01. The molecule has 1 saturated heterocycles. The number of hydrogen-bond donors (Lipinski definition) is 2. The molecule has 1 aliphatic heterocycles. The van der Waals surface area contributed by atoms with E-state index in [2.05, 4.69) is 20.5 Å². The molecule has 2 N–H and O–H groups in total. The van der Waals surface area contributed by atoms with E-state index in [-0.39, 0.29) is 5.97 Å². The van der Waals surface area contributed by atoms with Gasteiger partial charge in [0.2, 0.25) is 0 Å². The van der Waals surface area contributed by atoms with Crippen molar-refractivity contribution in [3.63, 3.8) is 0 Å². The maximum absolute atomic E-state index is 11.4. The van der Waals surface area contributed by atoms with Gasteiger partial charge >= 0.3 is 5.97 Å². The van der Waals surface area contributed by atoms with Crippen LogP contribution < -0.4 is 10.6 Å². The Morgan fingerprint density at radius 2 is 1.88 bits per heavy atom. The van der Waals surface area contributed by atoms with Crippen molar-refractivity contribution in [2.75, 3.05) is 40.3 Å². The molecule has 2 rings (SSSR count). The first-order chi connectivity index (χ1) is 11.7. The fourth-order valence-corrected chi connectivity index (χ4v) is 2.80. The molecule has 1 aromatic rings. The number of likely N-dealkylation sites (tertiary alicyclic amines) is 1. The lowest BCUT2D eigenvalue weighted by atomic mass is 10.1. The highest BCUT2D eigenvalue weighted by molar-refractivity contribution is 5.89. The van der Waals surface area contributed by atoms with Crippen molar-refractivity contribution >= 4 is 11.9 Å². The fourth-order valence-electron chi connectivity index (χ4n) is 2.80. The lowest BCUT2D eigenvalue weighted by molar-refractivity contribution is 0.0600. The van der Waals surface area contributed by atoms with Crippen LogP contribution in [0.1, 0.15) is 35.2 Å². The van der Waals surface area contributed by atoms with Crippen LogP contribution in [0.15, 0.2) is 29.3 Å². The number of guanidine groups is 1. The molecule has 6 heteroatoms. The normalized spacial score (nSPS) is 15.8. The molecular formula is C18H28N4O2. The largest absolute Gasteiger partial charge is 0.465 e. The summed E-state index contributed by atoms with van der Waals surface area (Å²) in [5, 5.41) is 6.64. The van der Waals surface area contributed by atoms with Crippen LogP contribution in [-0.4, -0.2) is 57.2 Å². The number of esters is 1. The Labute approximate surface area is 144 Å². The Hall–Kier alpha value is -2.08. The number of nitrogens with zero attached hydrogens (tertiary/aromatic N) is 2. The molecule has 0 bridgehead atoms. The fraction of sp³-hybridized carbons (Fsp3) is 0.556. The predicted octanol–water partition coefficient (Wildman–Crippen LogP) is 1.62. The summed E-state index contributed by atoms with van der Waals surface area (Å²) in [4.78, 5) is 18.2. The topological polar surface area (TPSA) is 66.0 Å². The Morgan fingerprint density at radius 3 is 2.50 bits per heavy atom. The first-order valence-corrected chi connectivity index (χ1v) is 8.57. The zero-order chi connectivity index (χ0) is 17.2. The summed E-state index contributed by atoms with van der Waals surface area (Å²) < 4.78 is 4.70. The number of benzene rings is 1. The van der Waals surface area contributed by atoms with Crippen LogP contribution in [0, 0.1) is 0 Å². The van der Waals surface area contributed by atoms with Crippen molar-refractivity contribution in [3.8, 4) is 0 Å². The van der Waals surface area contributed by atoms with Crippen molar-refractivity contribution in [2.24, 2.45) is 4.99 Å². The summed E-state index contributed by atoms with van der Waals surface area (Å²) in [6, 6.07) is 7.38. The van der Waals surface area contributed by atoms with Crippen molar-refractivity contribution < 1.29 is 9.53 Å². The lowest BCUT2D eigenvalue weighted by Gasteiger charge is -2.26. The smallest absolute Gasteiger partial charge is 0.337 e. The molecule has 0 amide bonds. The highest BCUT2D eigenvalue weighted by atomic mass is 16.5. The molecule has 6 nitrogen and oxygen atoms in total. The lowest BCUT2D eigenvalue weighted by Crippen LogP contribution is -2.42. The van der Waals surface area contributed by atoms with Gasteiger partial charge in [-0.25, -0.2) is 4.79 Å². The van der Waals surface area contributed by atoms with Crippen LogP contribution in [0.25, 0.3) is 0 Å². The van der Waals surface area contributed by atoms with Crippen LogP contribution >= 0.6 is 0 Å². The Balaban J connectivity index is 1.71. The van der Waals surface area contributed by atoms with Crippen LogP contribution in [0.5, 0.6) is 0 Å². The molecule has 0 unspecified atom stereocenters. The molecule has 1 heterocycles. The predicted molar refractivity (Wildman–Crippen MR) is 96.3 cm³/mol. The van der Waals surface area contributed by atoms with Crippen LogP contribution in [0.3, 0.4) is 0 Å². The van der Waals surface area contributed by atoms with Gasteiger partial charge in [0.1, 0.15) is 0 Å². The summed E-state index contributed by atoms with van der Waals surface area (Å²) >= 11 is 0. The van der Waals surface area contributed by atoms with E-state index in [4.69, 9.17) is 4.74 Å². The van der Waals surface area contributed by atoms with Crippen LogP contribution in [-0.2, 0) is 11.3 Å². The molecule has 0 aromatic heterocycles. The maximum atomic E-state index is 11.4. The second-order valence-electron chi connectivity index (χ2n) is 5.94. The first kappa shape index (κ1) is 18.3. The summed E-state index contributed by atoms with van der Waals surface area (Å²) in [7, 11) is 3.16. The maximum Gasteiger partial charge on any atom is 0.337 e. The van der Waals surface area contributed by atoms with Gasteiger partial charge in [0.05, 0.1) is 12.7 Å². The highest BCUT2D eigenvalue weighted by Crippen LogP contribution is 2.07. The number of ether oxygens (including phenoxy) is 1. The van der Waals surface area contributed by atoms with E-state index in [0.29, 0.717) is 12.1 Å². The summed E-state index contributed by atoms with van der Waals surface area (Å²) in [6.07, 6.45) is 3.99. The average molecular weight is 332 g/mol. The number of nitrogens with one attached hydrogen (secondary N) is 2. The molecule has 1 aliphatic rings. The van der Waals surface area contributed by atoms with Gasteiger partial charge in [0.15, 0.2) is 5.96 Å². The molecular weight excluding hydrogens is 304 g/mol. The minimum atomic E-state index is -0.315. The van der Waals surface area contributed by atoms with Crippen molar-refractivity contribution in [1.82, 2.24) is 15.5 Å². The zero-order valence-corrected chi connectivity index (χ0v) is 14.7. The SMILES string of the molecule is CN=C(NCCN1CCCCC1)NCc1ccc(C(=O)OC)cc1. The molecule has 0 saturated carbocycles. The van der Waals surface area contributed by atoms with Gasteiger partial charge in [-0.2, -0.15) is 0 Å². The summed E-state index contributed by atoms with van der Waals surface area (Å²) in [5.41, 5.74) is 1.65. The third-order valence-corrected chi connectivity index (χ3v) is 4.23. The Bertz CT molecular complexity index is 536. The van der Waals surface area contributed by atoms with Gasteiger partial charge in [-0.1, -0.05) is 18.6 Å². The van der Waals surface area contributed by atoms with Crippen molar-refractivity contribution in [2.45, 2.75) is 25.8 Å². The molecule has 0 aliphatic carbocycles. The summed E-state index contributed by atoms with van der Waals surface area (Å²) in [5.74, 6) is 0.480. The second-order valence-corrected chi connectivity index (χ2v) is 5.94. The van der Waals surface area contributed by atoms with Crippen LogP contribution in [0.4, 0.5) is 0 Å². The van der Waals surface area contributed by atoms with Crippen molar-refractivity contribution in [3.05, 3.63) is 35.4 Å². The number of piperidine rings is 1. The van der Waals surface area contributed by atoms with E-state index in [1.54, 1.807) is 19.2 Å². The molecule has 0 atom stereocenters. The van der Waals surface area contributed by atoms with Crippen molar-refractivity contribution in [1.29, 1.82) is 0 Å². The van der Waals surface area contributed by atoms with Gasteiger partial charge in [-0.05, 0) is 43.6 Å². The third-order valence-electron chi connectivity index (χ3n) is 4.23. The number of carbonyl (C=O) groups is 1. The Kier molecular flexibility index (Phi) is 7.55. The number of hydrogen-bond acceptors (Lipinski definition) is 4. The van der Waals surface area contributed by atoms with E-state index in [1.165, 1.54) is 39.5 Å². The van der Waals surface area contributed by atoms with E-state index >= 15 is 0 Å². The van der Waals surface area contributed by atoms with E-state index in [1.807, 2.05) is 12.1 Å². The van der Waals surface area contributed by atoms with E-state index < -0.39 is 0 Å². The van der Waals surface area contributed by atoms with Gasteiger partial charge in [-0.15, -0.1) is 0 Å². The van der Waals surface area contributed by atoms with E-state index in [9.17, 15) is 4.79 Å². The van der Waals surface area contributed by atoms with Gasteiger partial charge in [-0.3, -0.25) is 4.99 Å². The molecule has 1 aromatic carbocycles. The van der Waals surface area contributed by atoms with Gasteiger partial charge in [0, 0.05) is 26.7 Å². The molecule has 24 heavy (non-hydrogen) atoms. The van der Waals surface area contributed by atoms with Gasteiger partial charge in [0.25, 0.3) is 0 Å². The first-order valence-electron chi connectivity index (χ1n) is 8.57. The number of aliphatic imine (C=N–C) groups is 1. The molecule has 132 valence electrons. The highest BCUT2D eigenvalue weighted by Gasteiger charge is 2.09. The number of rotatable bonds is 6.